The lowest BCUT2D eigenvalue weighted by Crippen LogP contribution is -2.50. The average Bonchev–Trinajstić information content (AvgIpc) is 2.93. The van der Waals surface area contributed by atoms with Crippen molar-refractivity contribution in [2.75, 3.05) is 15.9 Å². The molecule has 0 fully saturated rings. The highest BCUT2D eigenvalue weighted by molar-refractivity contribution is 9.10. The van der Waals surface area contributed by atoms with Crippen molar-refractivity contribution in [1.29, 1.82) is 5.26 Å². The number of anilines is 2. The topological polar surface area (TPSA) is 64.4 Å². The normalized spacial score (nSPS) is 12.5. The molecule has 0 bridgehead atoms. The summed E-state index contributed by atoms with van der Waals surface area (Å²) in [6.07, 6.45) is -19.1. The van der Waals surface area contributed by atoms with Crippen molar-refractivity contribution in [3.8, 4) is 6.07 Å². The van der Waals surface area contributed by atoms with Crippen LogP contribution in [0.2, 0.25) is 0 Å². The maximum atomic E-state index is 14.5. The van der Waals surface area contributed by atoms with Gasteiger partial charge in [0, 0.05) is 23.9 Å². The van der Waals surface area contributed by atoms with Gasteiger partial charge in [0.25, 0.3) is 11.8 Å². The molecular weight excluding hydrogens is 675 g/mol. The Morgan fingerprint density at radius 1 is 0.814 bits per heavy atom. The van der Waals surface area contributed by atoms with Crippen LogP contribution >= 0.6 is 16.1 Å². The predicted octanol–water partition coefficient (Wildman–Crippen LogP) is 8.24. The Morgan fingerprint density at radius 2 is 1.42 bits per heavy atom. The number of nitrogens with zero attached hydrogens (tertiary/aromatic N) is 3. The maximum Gasteiger partial charge on any atom is 0.435 e. The molecular formula is C26H13BrF11N3O2. The van der Waals surface area contributed by atoms with E-state index in [1.165, 1.54) is 12.1 Å². The van der Waals surface area contributed by atoms with E-state index in [9.17, 15) is 57.9 Å². The first-order valence-electron chi connectivity index (χ1n) is 11.3. The predicted molar refractivity (Wildman–Crippen MR) is 132 cm³/mol. The molecule has 0 saturated heterocycles. The van der Waals surface area contributed by atoms with Crippen LogP contribution in [0.1, 0.15) is 37.4 Å². The first-order chi connectivity index (χ1) is 19.6. The molecule has 0 saturated carbocycles. The maximum absolute atomic E-state index is 14.5. The molecule has 0 aliphatic rings. The number of hydrogen-bond acceptors (Lipinski definition) is 3. The number of rotatable bonds is 5. The van der Waals surface area contributed by atoms with Crippen molar-refractivity contribution in [2.45, 2.75) is 24.2 Å². The molecule has 17 heteroatoms. The lowest BCUT2D eigenvalue weighted by atomic mass is 9.92. The van der Waals surface area contributed by atoms with E-state index in [1.807, 2.05) is 0 Å². The van der Waals surface area contributed by atoms with Gasteiger partial charge in [-0.1, -0.05) is 12.1 Å². The van der Waals surface area contributed by atoms with E-state index in [4.69, 9.17) is 5.26 Å². The Bertz CT molecular complexity index is 1600. The fourth-order valence-corrected chi connectivity index (χ4v) is 4.28. The monoisotopic (exact) mass is 687 g/mol. The van der Waals surface area contributed by atoms with Crippen molar-refractivity contribution in [3.05, 3.63) is 94.3 Å². The molecule has 228 valence electrons. The number of hydrogen-bond donors (Lipinski definition) is 0. The summed E-state index contributed by atoms with van der Waals surface area (Å²) in [6.45, 7) is 0. The molecule has 0 aliphatic carbocycles. The van der Waals surface area contributed by atoms with Crippen molar-refractivity contribution in [1.82, 2.24) is 0 Å². The molecule has 0 atom stereocenters. The van der Waals surface area contributed by atoms with Crippen LogP contribution in [0.25, 0.3) is 0 Å². The third-order valence-electron chi connectivity index (χ3n) is 5.98. The van der Waals surface area contributed by atoms with Gasteiger partial charge >= 0.3 is 24.2 Å². The summed E-state index contributed by atoms with van der Waals surface area (Å²) in [7, 11) is 1.15. The smallest absolute Gasteiger partial charge is 0.311 e. The van der Waals surface area contributed by atoms with Gasteiger partial charge in [-0.2, -0.15) is 44.8 Å². The van der Waals surface area contributed by atoms with Crippen molar-refractivity contribution in [3.63, 3.8) is 0 Å². The summed E-state index contributed by atoms with van der Waals surface area (Å²) >= 11 is 2.52. The molecule has 5 nitrogen and oxygen atoms in total. The second-order valence-electron chi connectivity index (χ2n) is 8.69. The Labute approximate surface area is 243 Å². The number of amides is 2. The Balaban J connectivity index is 2.03. The van der Waals surface area contributed by atoms with Gasteiger partial charge in [0.05, 0.1) is 44.6 Å². The van der Waals surface area contributed by atoms with E-state index in [-0.39, 0.29) is 27.3 Å². The number of alkyl halides is 10. The van der Waals surface area contributed by atoms with Crippen LogP contribution < -0.4 is 8.83 Å². The van der Waals surface area contributed by atoms with Crippen LogP contribution in [0, 0.1) is 17.1 Å². The fraction of sp³-hybridized carbons (Fsp3) is 0.192. The van der Waals surface area contributed by atoms with E-state index < -0.39 is 75.8 Å². The second-order valence-corrected chi connectivity index (χ2v) is 9.40. The molecule has 0 N–H and O–H groups in total. The number of carbonyl (C=O) groups excluding carboxylic acids is 2. The Kier molecular flexibility index (Phi) is 8.89. The third-order valence-corrected chi connectivity index (χ3v) is 6.69. The lowest BCUT2D eigenvalue weighted by Gasteiger charge is -2.31. The molecule has 0 aliphatic heterocycles. The first-order valence-corrected chi connectivity index (χ1v) is 12.0. The summed E-state index contributed by atoms with van der Waals surface area (Å²) in [4.78, 5) is 26.7. The molecule has 3 aromatic rings. The number of carbonyl (C=O) groups is 2. The summed E-state index contributed by atoms with van der Waals surface area (Å²) in [5.41, 5.74) is -13.2. The van der Waals surface area contributed by atoms with Crippen molar-refractivity contribution < 1.29 is 57.9 Å². The van der Waals surface area contributed by atoms with Gasteiger partial charge in [-0.05, 0) is 48.5 Å². The zero-order valence-corrected chi connectivity index (χ0v) is 22.6. The molecule has 0 radical (unpaired) electrons. The highest BCUT2D eigenvalue weighted by Gasteiger charge is 2.73. The van der Waals surface area contributed by atoms with Crippen LogP contribution in [0.4, 0.5) is 59.7 Å². The standard InChI is InChI=1S/C26H13BrF11N3O2/c1-40(22(43)17-7-5-13(12-39)9-19(17)28)16-4-2-3-14(10-16)21(42)41(27)20-8-6-15(11-18(20)24(30,31)32)23(29,25(33,34)35)26(36,37)38/h2-11H,1H3. The molecule has 0 heterocycles. The summed E-state index contributed by atoms with van der Waals surface area (Å²) in [5, 5.41) is 8.84. The SMILES string of the molecule is CN(C(=O)c1ccc(C#N)cc1F)c1cccc(C(=O)N(Br)c2ccc(C(F)(C(F)(F)F)C(F)(F)F)cc2C(F)(F)F)c1. The molecule has 0 unspecified atom stereocenters. The Hall–Kier alpha value is -4.20. The highest BCUT2D eigenvalue weighted by Crippen LogP contribution is 2.54. The van der Waals surface area contributed by atoms with Crippen LogP contribution in [-0.4, -0.2) is 31.2 Å². The van der Waals surface area contributed by atoms with Crippen LogP contribution in [0.5, 0.6) is 0 Å². The average molecular weight is 688 g/mol. The van der Waals surface area contributed by atoms with Crippen LogP contribution in [0.15, 0.2) is 60.7 Å². The van der Waals surface area contributed by atoms with Gasteiger partial charge in [-0.25, -0.2) is 12.7 Å². The van der Waals surface area contributed by atoms with Crippen LogP contribution in [0.3, 0.4) is 0 Å². The number of halogens is 12. The Morgan fingerprint density at radius 3 is 1.93 bits per heavy atom. The van der Waals surface area contributed by atoms with Gasteiger partial charge < -0.3 is 4.90 Å². The van der Waals surface area contributed by atoms with Gasteiger partial charge in [-0.3, -0.25) is 9.59 Å². The van der Waals surface area contributed by atoms with Gasteiger partial charge in [0.2, 0.25) is 0 Å². The number of nitriles is 1. The minimum absolute atomic E-state index is 0.0454. The van der Waals surface area contributed by atoms with Gasteiger partial charge in [0.1, 0.15) is 5.82 Å². The zero-order valence-electron chi connectivity index (χ0n) is 21.0. The van der Waals surface area contributed by atoms with E-state index in [0.717, 1.165) is 42.3 Å². The van der Waals surface area contributed by atoms with Gasteiger partial charge in [0.15, 0.2) is 0 Å². The molecule has 0 spiro atoms. The van der Waals surface area contributed by atoms with E-state index in [1.54, 1.807) is 6.07 Å². The summed E-state index contributed by atoms with van der Waals surface area (Å²) in [5.74, 6) is -3.35. The van der Waals surface area contributed by atoms with Crippen LogP contribution in [-0.2, 0) is 11.8 Å². The van der Waals surface area contributed by atoms with E-state index in [0.29, 0.717) is 0 Å². The van der Waals surface area contributed by atoms with E-state index in [2.05, 4.69) is 16.1 Å². The summed E-state index contributed by atoms with van der Waals surface area (Å²) < 4.78 is 149. The molecule has 0 aromatic heterocycles. The summed E-state index contributed by atoms with van der Waals surface area (Å²) in [6, 6.07) is 8.23. The molecule has 2 amide bonds. The quantitative estimate of drug-likeness (QED) is 0.201. The van der Waals surface area contributed by atoms with Gasteiger partial charge in [-0.15, -0.1) is 0 Å². The largest absolute Gasteiger partial charge is 0.435 e. The highest BCUT2D eigenvalue weighted by atomic mass is 79.9. The second kappa shape index (κ2) is 11.5. The first kappa shape index (κ1) is 33.3. The third kappa shape index (κ3) is 6.28. The molecule has 43 heavy (non-hydrogen) atoms. The van der Waals surface area contributed by atoms with E-state index >= 15 is 0 Å². The fourth-order valence-electron chi connectivity index (χ4n) is 3.76. The van der Waals surface area contributed by atoms with Crippen molar-refractivity contribution in [2.24, 2.45) is 0 Å². The molecule has 3 aromatic carbocycles. The number of benzene rings is 3. The zero-order chi connectivity index (χ0) is 32.7. The molecule has 3 rings (SSSR count). The minimum atomic E-state index is -6.69. The van der Waals surface area contributed by atoms with Crippen molar-refractivity contribution >= 4 is 39.3 Å². The lowest BCUT2D eigenvalue weighted by molar-refractivity contribution is -0.348. The minimum Gasteiger partial charge on any atom is -0.311 e.